The van der Waals surface area contributed by atoms with Crippen molar-refractivity contribution >= 4 is 91.2 Å². The zero-order valence-corrected chi connectivity index (χ0v) is 23.9. The number of carbonyl (C=O) groups excluding carboxylic acids is 3. The predicted molar refractivity (Wildman–Crippen MR) is 142 cm³/mol. The lowest BCUT2D eigenvalue weighted by atomic mass is 10.0. The highest BCUT2D eigenvalue weighted by Crippen LogP contribution is 2.36. The lowest BCUT2D eigenvalue weighted by Gasteiger charge is -2.26. The number of hydrogen-bond donors (Lipinski definition) is 8. The van der Waals surface area contributed by atoms with Crippen LogP contribution in [0, 0.1) is 10.7 Å². The number of amides is 3. The molecule has 12 nitrogen and oxygen atoms in total. The fourth-order valence-corrected chi connectivity index (χ4v) is 6.99. The Labute approximate surface area is 230 Å². The molecule has 8 N–H and O–H groups in total. The van der Waals surface area contributed by atoms with Gasteiger partial charge in [0, 0.05) is 24.2 Å². The summed E-state index contributed by atoms with van der Waals surface area (Å²) < 4.78 is 0.776. The summed E-state index contributed by atoms with van der Waals surface area (Å²) in [7, 11) is 2.84. The Balaban J connectivity index is 3.54. The number of rotatable bonds is 10. The number of nitrogens with zero attached hydrogens (tertiary/aromatic N) is 1. The smallest absolute Gasteiger partial charge is 0.256 e. The quantitative estimate of drug-likeness (QED) is 0.127. The largest absolute Gasteiger partial charge is 0.395 e. The average molecular weight is 807 g/mol. The molecule has 0 saturated heterocycles. The van der Waals surface area contributed by atoms with Crippen LogP contribution in [-0.2, 0) is 4.79 Å². The predicted octanol–water partition coefficient (Wildman–Crippen LogP) is -1.70. The molecule has 0 bridgehead atoms. The molecule has 0 aromatic heterocycles. The van der Waals surface area contributed by atoms with E-state index >= 15 is 0 Å². The first-order valence-corrected chi connectivity index (χ1v) is 12.5. The number of anilines is 1. The van der Waals surface area contributed by atoms with Gasteiger partial charge in [-0.25, -0.2) is 0 Å². The number of halogens is 3. The molecule has 0 aliphatic heterocycles. The van der Waals surface area contributed by atoms with Gasteiger partial charge in [0.05, 0.1) is 37.2 Å². The Kier molecular flexibility index (Phi) is 12.6. The number of benzene rings is 1. The fourth-order valence-electron chi connectivity index (χ4n) is 2.60. The molecule has 15 heteroatoms. The Morgan fingerprint density at radius 1 is 0.939 bits per heavy atom. The minimum Gasteiger partial charge on any atom is -0.395 e. The van der Waals surface area contributed by atoms with Crippen LogP contribution in [0.2, 0.25) is 0 Å². The number of hydrogen-bond acceptors (Lipinski definition) is 9. The highest BCUT2D eigenvalue weighted by molar-refractivity contribution is 14.1. The Hall–Kier alpha value is -0.420. The van der Waals surface area contributed by atoms with Crippen LogP contribution < -0.4 is 10.6 Å². The van der Waals surface area contributed by atoms with Gasteiger partial charge in [0.25, 0.3) is 17.7 Å². The molecule has 4 atom stereocenters. The molecule has 186 valence electrons. The van der Waals surface area contributed by atoms with Crippen LogP contribution in [0.4, 0.5) is 5.69 Å². The van der Waals surface area contributed by atoms with Gasteiger partial charge in [-0.05, 0) is 67.8 Å². The highest BCUT2D eigenvalue weighted by atomic mass is 127. The Morgan fingerprint density at radius 2 is 1.48 bits per heavy atom. The standard InChI is InChI=1S/C18H24I3N3O9/c1-22-16(31)7-9(19)8(18(33)24(2)3-4-25)11(21)12(10(7)20)23-17(32)15(30)14(29)13(28)6(27)5-26/h6,13-15,25-30H,3-5H2,1-2H3,(H,22,31)(H,23,32)/t6-,13-,14+,15-/m1/s1. The Bertz CT molecular complexity index is 903. The molecule has 0 radical (unpaired) electrons. The molecule has 0 aliphatic carbocycles. The van der Waals surface area contributed by atoms with E-state index in [1.807, 2.05) is 22.6 Å². The van der Waals surface area contributed by atoms with Crippen LogP contribution in [0.15, 0.2) is 0 Å². The summed E-state index contributed by atoms with van der Waals surface area (Å²) in [6, 6.07) is 0. The van der Waals surface area contributed by atoms with Gasteiger partial charge in [-0.2, -0.15) is 0 Å². The minimum atomic E-state index is -2.22. The highest BCUT2D eigenvalue weighted by Gasteiger charge is 2.36. The third kappa shape index (κ3) is 7.06. The van der Waals surface area contributed by atoms with Crippen molar-refractivity contribution < 1.29 is 45.0 Å². The molecule has 0 saturated carbocycles. The number of carbonyl (C=O) groups is 3. The summed E-state index contributed by atoms with van der Waals surface area (Å²) in [5.74, 6) is -2.26. The van der Waals surface area contributed by atoms with Crippen LogP contribution in [0.3, 0.4) is 0 Å². The summed E-state index contributed by atoms with van der Waals surface area (Å²) in [6.45, 7) is -1.19. The molecule has 0 heterocycles. The molecular formula is C18H24I3N3O9. The summed E-state index contributed by atoms with van der Waals surface area (Å²) in [5.41, 5.74) is 0.164. The van der Waals surface area contributed by atoms with Crippen molar-refractivity contribution in [1.29, 1.82) is 0 Å². The number of nitrogens with one attached hydrogen (secondary N) is 2. The molecular weight excluding hydrogens is 783 g/mol. The van der Waals surface area contributed by atoms with Crippen LogP contribution in [0.5, 0.6) is 0 Å². The first-order valence-electron chi connectivity index (χ1n) is 9.28. The number of aliphatic hydroxyl groups is 6. The monoisotopic (exact) mass is 807 g/mol. The van der Waals surface area contributed by atoms with Crippen molar-refractivity contribution in [1.82, 2.24) is 10.2 Å². The summed E-state index contributed by atoms with van der Waals surface area (Å²) >= 11 is 5.42. The van der Waals surface area contributed by atoms with Crippen molar-refractivity contribution in [3.63, 3.8) is 0 Å². The SMILES string of the molecule is CNC(=O)c1c(I)c(NC(=O)[C@H](O)[C@@H](O)[C@H](O)[C@H](O)CO)c(I)c(C(=O)N(C)CCO)c1I. The summed E-state index contributed by atoms with van der Waals surface area (Å²) in [4.78, 5) is 39.4. The van der Waals surface area contributed by atoms with Crippen molar-refractivity contribution in [2.45, 2.75) is 24.4 Å². The zero-order valence-electron chi connectivity index (χ0n) is 17.4. The lowest BCUT2D eigenvalue weighted by Crippen LogP contribution is -2.50. The normalized spacial score (nSPS) is 14.8. The zero-order chi connectivity index (χ0) is 25.6. The molecule has 0 fully saturated rings. The minimum absolute atomic E-state index is 0.00408. The third-order valence-electron chi connectivity index (χ3n) is 4.54. The third-order valence-corrected chi connectivity index (χ3v) is 7.77. The van der Waals surface area contributed by atoms with Crippen LogP contribution in [0.1, 0.15) is 20.7 Å². The van der Waals surface area contributed by atoms with Crippen LogP contribution >= 0.6 is 67.8 Å². The van der Waals surface area contributed by atoms with Gasteiger partial charge in [-0.3, -0.25) is 14.4 Å². The molecule has 1 rings (SSSR count). The fraction of sp³-hybridized carbons (Fsp3) is 0.500. The van der Waals surface area contributed by atoms with Gasteiger partial charge in [-0.1, -0.05) is 0 Å². The maximum Gasteiger partial charge on any atom is 0.256 e. The molecule has 33 heavy (non-hydrogen) atoms. The number of likely N-dealkylation sites (N-methyl/N-ethyl adjacent to an activating group) is 1. The van der Waals surface area contributed by atoms with Crippen molar-refractivity contribution in [3.8, 4) is 0 Å². The molecule has 0 spiro atoms. The van der Waals surface area contributed by atoms with E-state index in [9.17, 15) is 34.8 Å². The molecule has 0 aliphatic rings. The van der Waals surface area contributed by atoms with Gasteiger partial charge in [0.1, 0.15) is 18.3 Å². The van der Waals surface area contributed by atoms with Gasteiger partial charge < -0.3 is 46.2 Å². The van der Waals surface area contributed by atoms with E-state index in [-0.39, 0.29) is 37.1 Å². The second-order valence-corrected chi connectivity index (χ2v) is 10.00. The molecule has 1 aromatic carbocycles. The first kappa shape index (κ1) is 30.6. The number of aliphatic hydroxyl groups excluding tert-OH is 6. The van der Waals surface area contributed by atoms with E-state index in [4.69, 9.17) is 10.2 Å². The van der Waals surface area contributed by atoms with Gasteiger partial charge >= 0.3 is 0 Å². The topological polar surface area (TPSA) is 200 Å². The van der Waals surface area contributed by atoms with E-state index in [2.05, 4.69) is 10.6 Å². The van der Waals surface area contributed by atoms with Gasteiger partial charge in [0.15, 0.2) is 6.10 Å². The second-order valence-electron chi connectivity index (χ2n) is 6.76. The maximum absolute atomic E-state index is 13.0. The summed E-state index contributed by atoms with van der Waals surface area (Å²) in [6.07, 6.45) is -8.17. The maximum atomic E-state index is 13.0. The van der Waals surface area contributed by atoms with Crippen molar-refractivity contribution in [3.05, 3.63) is 21.8 Å². The van der Waals surface area contributed by atoms with Crippen LogP contribution in [-0.4, -0.2) is 112 Å². The molecule has 3 amide bonds. The van der Waals surface area contributed by atoms with E-state index in [1.54, 1.807) is 45.2 Å². The first-order chi connectivity index (χ1) is 15.3. The van der Waals surface area contributed by atoms with E-state index < -0.39 is 48.7 Å². The van der Waals surface area contributed by atoms with Gasteiger partial charge in [-0.15, -0.1) is 0 Å². The average Bonchev–Trinajstić information content (AvgIpc) is 2.79. The molecule has 1 aromatic rings. The van der Waals surface area contributed by atoms with Crippen molar-refractivity contribution in [2.24, 2.45) is 0 Å². The lowest BCUT2D eigenvalue weighted by molar-refractivity contribution is -0.144. The van der Waals surface area contributed by atoms with Crippen LogP contribution in [0.25, 0.3) is 0 Å². The van der Waals surface area contributed by atoms with E-state index in [0.717, 1.165) is 0 Å². The van der Waals surface area contributed by atoms with E-state index in [1.165, 1.54) is 19.0 Å². The van der Waals surface area contributed by atoms with Gasteiger partial charge in [0.2, 0.25) is 0 Å². The molecule has 0 unspecified atom stereocenters. The second kappa shape index (κ2) is 13.6. The summed E-state index contributed by atoms with van der Waals surface area (Å²) in [5, 5.41) is 62.2. The Morgan fingerprint density at radius 3 is 1.97 bits per heavy atom. The van der Waals surface area contributed by atoms with E-state index in [0.29, 0.717) is 3.57 Å². The van der Waals surface area contributed by atoms with Crippen molar-refractivity contribution in [2.75, 3.05) is 39.2 Å².